The molecule has 3 N–H and O–H groups in total. The van der Waals surface area contributed by atoms with Gasteiger partial charge in [0.25, 0.3) is 0 Å². The van der Waals surface area contributed by atoms with Crippen LogP contribution in [0.1, 0.15) is 25.7 Å². The van der Waals surface area contributed by atoms with Crippen molar-refractivity contribution in [3.63, 3.8) is 0 Å². The second-order valence-corrected chi connectivity index (χ2v) is 8.90. The lowest BCUT2D eigenvalue weighted by molar-refractivity contribution is -0.148. The summed E-state index contributed by atoms with van der Waals surface area (Å²) in [6, 6.07) is 5.55. The van der Waals surface area contributed by atoms with Gasteiger partial charge in [-0.2, -0.15) is 0 Å². The molecule has 0 aromatic carbocycles. The molecule has 0 saturated heterocycles. The Labute approximate surface area is 189 Å². The Morgan fingerprint density at radius 2 is 1.94 bits per heavy atom. The highest BCUT2D eigenvalue weighted by atomic mass is 16.4. The van der Waals surface area contributed by atoms with Crippen molar-refractivity contribution in [2.75, 3.05) is 5.32 Å². The van der Waals surface area contributed by atoms with Crippen molar-refractivity contribution in [1.82, 2.24) is 29.9 Å². The fraction of sp³-hybridized carbons (Fsp3) is 0.333. The van der Waals surface area contributed by atoms with Crippen molar-refractivity contribution in [2.45, 2.75) is 31.7 Å². The molecule has 0 spiro atoms. The normalized spacial score (nSPS) is 24.1. The Morgan fingerprint density at radius 3 is 2.73 bits per heavy atom. The van der Waals surface area contributed by atoms with Crippen molar-refractivity contribution >= 4 is 22.8 Å². The molecule has 2 atom stereocenters. The van der Waals surface area contributed by atoms with Crippen LogP contribution in [0.25, 0.3) is 33.7 Å². The van der Waals surface area contributed by atoms with E-state index in [0.717, 1.165) is 47.9 Å². The van der Waals surface area contributed by atoms with E-state index in [1.807, 2.05) is 24.4 Å². The van der Waals surface area contributed by atoms with Crippen molar-refractivity contribution < 1.29 is 9.90 Å². The van der Waals surface area contributed by atoms with Gasteiger partial charge in [0.15, 0.2) is 5.82 Å². The van der Waals surface area contributed by atoms with Gasteiger partial charge in [0.1, 0.15) is 17.8 Å². The largest absolute Gasteiger partial charge is 0.481 e. The van der Waals surface area contributed by atoms with Crippen LogP contribution in [0.2, 0.25) is 0 Å². The number of nitrogens with one attached hydrogen (secondary N) is 2. The van der Waals surface area contributed by atoms with E-state index in [1.54, 1.807) is 18.6 Å². The minimum Gasteiger partial charge on any atom is -0.481 e. The van der Waals surface area contributed by atoms with E-state index in [4.69, 9.17) is 9.97 Å². The summed E-state index contributed by atoms with van der Waals surface area (Å²) in [5, 5.41) is 14.3. The number of carboxylic acids is 1. The summed E-state index contributed by atoms with van der Waals surface area (Å²) in [6.07, 6.45) is 12.6. The smallest absolute Gasteiger partial charge is 0.308 e. The Kier molecular flexibility index (Phi) is 4.74. The van der Waals surface area contributed by atoms with Crippen molar-refractivity contribution in [2.24, 2.45) is 17.8 Å². The van der Waals surface area contributed by atoms with E-state index in [2.05, 4.69) is 25.3 Å². The van der Waals surface area contributed by atoms with Gasteiger partial charge < -0.3 is 15.4 Å². The van der Waals surface area contributed by atoms with Gasteiger partial charge in [-0.1, -0.05) is 0 Å². The summed E-state index contributed by atoms with van der Waals surface area (Å²) in [4.78, 5) is 37.5. The molecule has 4 aromatic heterocycles. The van der Waals surface area contributed by atoms with Crippen LogP contribution in [0.3, 0.4) is 0 Å². The zero-order chi connectivity index (χ0) is 22.4. The van der Waals surface area contributed by atoms with Gasteiger partial charge in [0.05, 0.1) is 11.6 Å². The number of aromatic nitrogens is 6. The van der Waals surface area contributed by atoms with Crippen LogP contribution in [0.15, 0.2) is 49.3 Å². The van der Waals surface area contributed by atoms with Gasteiger partial charge in [-0.3, -0.25) is 9.78 Å². The number of pyridine rings is 1. The van der Waals surface area contributed by atoms with E-state index in [0.29, 0.717) is 23.2 Å². The first-order chi connectivity index (χ1) is 16.2. The first-order valence-corrected chi connectivity index (χ1v) is 11.2. The Balaban J connectivity index is 1.45. The molecule has 33 heavy (non-hydrogen) atoms. The van der Waals surface area contributed by atoms with Gasteiger partial charge in [-0.25, -0.2) is 19.9 Å². The highest BCUT2D eigenvalue weighted by molar-refractivity contribution is 5.91. The van der Waals surface area contributed by atoms with Crippen LogP contribution < -0.4 is 5.32 Å². The second kappa shape index (κ2) is 7.91. The summed E-state index contributed by atoms with van der Waals surface area (Å²) in [7, 11) is 0. The number of aliphatic carboxylic acids is 1. The average molecular weight is 441 g/mol. The maximum Gasteiger partial charge on any atom is 0.308 e. The predicted molar refractivity (Wildman–Crippen MR) is 122 cm³/mol. The van der Waals surface area contributed by atoms with E-state index < -0.39 is 11.9 Å². The third-order valence-corrected chi connectivity index (χ3v) is 7.10. The summed E-state index contributed by atoms with van der Waals surface area (Å²) in [6.45, 7) is 0. The molecule has 7 rings (SSSR count). The van der Waals surface area contributed by atoms with E-state index in [1.165, 1.54) is 6.33 Å². The van der Waals surface area contributed by atoms with Crippen molar-refractivity contribution in [1.29, 1.82) is 0 Å². The number of hydrogen-bond acceptors (Lipinski definition) is 7. The van der Waals surface area contributed by atoms with Crippen LogP contribution in [-0.2, 0) is 4.79 Å². The van der Waals surface area contributed by atoms with E-state index in [-0.39, 0.29) is 12.0 Å². The van der Waals surface area contributed by atoms with Crippen molar-refractivity contribution in [3.05, 3.63) is 49.3 Å². The van der Waals surface area contributed by atoms with E-state index >= 15 is 0 Å². The molecular formula is C24H23N7O2. The van der Waals surface area contributed by atoms with Crippen LogP contribution >= 0.6 is 0 Å². The van der Waals surface area contributed by atoms with Crippen LogP contribution in [0, 0.1) is 17.8 Å². The molecular weight excluding hydrogens is 418 g/mol. The third-order valence-electron chi connectivity index (χ3n) is 7.10. The molecule has 9 nitrogen and oxygen atoms in total. The van der Waals surface area contributed by atoms with Gasteiger partial charge in [-0.05, 0) is 49.7 Å². The summed E-state index contributed by atoms with van der Waals surface area (Å²) < 4.78 is 0. The Morgan fingerprint density at radius 1 is 1.09 bits per heavy atom. The molecule has 0 radical (unpaired) electrons. The van der Waals surface area contributed by atoms with Crippen LogP contribution in [-0.4, -0.2) is 47.0 Å². The summed E-state index contributed by atoms with van der Waals surface area (Å²) in [5.74, 6) is 0.561. The monoisotopic (exact) mass is 441 g/mol. The zero-order valence-corrected chi connectivity index (χ0v) is 17.8. The van der Waals surface area contributed by atoms with Gasteiger partial charge in [0, 0.05) is 53.4 Å². The molecule has 4 heterocycles. The van der Waals surface area contributed by atoms with Crippen molar-refractivity contribution in [3.8, 4) is 22.6 Å². The lowest BCUT2D eigenvalue weighted by atomic mass is 9.61. The molecule has 9 heteroatoms. The quantitative estimate of drug-likeness (QED) is 0.427. The number of nitrogens with zero attached hydrogens (tertiary/aromatic N) is 5. The minimum atomic E-state index is -0.725. The molecule has 0 amide bonds. The topological polar surface area (TPSA) is 130 Å². The summed E-state index contributed by atoms with van der Waals surface area (Å²) >= 11 is 0. The molecule has 0 unspecified atom stereocenters. The SMILES string of the molecule is O=C(O)[C@H]1C2CCC(CC2)[C@@H]1Nc1cc(-c2cccnc2)nc(-c2c[nH]c3ncncc23)n1. The first-order valence-electron chi connectivity index (χ1n) is 11.2. The second-order valence-electron chi connectivity index (χ2n) is 8.90. The maximum absolute atomic E-state index is 12.1. The summed E-state index contributed by atoms with van der Waals surface area (Å²) in [5.41, 5.74) is 3.08. The number of aromatic amines is 1. The molecule has 3 aliphatic rings. The average Bonchev–Trinajstić information content (AvgIpc) is 3.29. The van der Waals surface area contributed by atoms with E-state index in [9.17, 15) is 9.90 Å². The van der Waals surface area contributed by atoms with Gasteiger partial charge in [-0.15, -0.1) is 0 Å². The van der Waals surface area contributed by atoms with Gasteiger partial charge in [0.2, 0.25) is 0 Å². The fourth-order valence-electron chi connectivity index (χ4n) is 5.53. The van der Waals surface area contributed by atoms with Crippen LogP contribution in [0.4, 0.5) is 5.82 Å². The molecule has 0 aliphatic heterocycles. The fourth-order valence-corrected chi connectivity index (χ4v) is 5.53. The molecule has 3 saturated carbocycles. The number of carboxylic acid groups (broad SMARTS) is 1. The van der Waals surface area contributed by atoms with Crippen LogP contribution in [0.5, 0.6) is 0 Å². The van der Waals surface area contributed by atoms with Gasteiger partial charge >= 0.3 is 5.97 Å². The molecule has 2 bridgehead atoms. The minimum absolute atomic E-state index is 0.147. The Hall–Kier alpha value is -3.88. The third kappa shape index (κ3) is 3.49. The Bertz CT molecular complexity index is 1310. The standard InChI is InChI=1S/C24H23N7O2/c32-24(33)20-13-3-5-14(6-4-13)21(20)30-19-8-18(15-2-1-7-25-9-15)29-23(31-19)17-11-27-22-16(17)10-26-12-28-22/h1-2,7-14,20-21H,3-6H2,(H,32,33)(H,26,27,28)(H,29,30,31)/t13?,14?,20-,21-/m0/s1. The lowest BCUT2D eigenvalue weighted by Crippen LogP contribution is -2.51. The lowest BCUT2D eigenvalue weighted by Gasteiger charge is -2.47. The molecule has 4 aromatic rings. The zero-order valence-electron chi connectivity index (χ0n) is 17.8. The number of fused-ring (bicyclic) bond motifs is 4. The highest BCUT2D eigenvalue weighted by Gasteiger charge is 2.47. The first kappa shape index (κ1) is 19.8. The molecule has 166 valence electrons. The predicted octanol–water partition coefficient (Wildman–Crippen LogP) is 3.78. The molecule has 3 fully saturated rings. The number of hydrogen-bond donors (Lipinski definition) is 3. The number of carbonyl (C=O) groups is 1. The number of H-pyrrole nitrogens is 1. The maximum atomic E-state index is 12.1. The highest BCUT2D eigenvalue weighted by Crippen LogP contribution is 2.46. The number of rotatable bonds is 5. The molecule has 3 aliphatic carbocycles. The number of anilines is 1.